The summed E-state index contributed by atoms with van der Waals surface area (Å²) >= 11 is 0. The molecule has 3 fully saturated rings. The predicted molar refractivity (Wildman–Crippen MR) is 127 cm³/mol. The highest BCUT2D eigenvalue weighted by Gasteiger charge is 2.60. The van der Waals surface area contributed by atoms with Gasteiger partial charge in [-0.1, -0.05) is 0 Å². The largest absolute Gasteiger partial charge is 0.481 e. The van der Waals surface area contributed by atoms with Crippen molar-refractivity contribution >= 4 is 11.8 Å². The number of amides is 2. The van der Waals surface area contributed by atoms with Gasteiger partial charge in [0.05, 0.1) is 25.1 Å². The highest BCUT2D eigenvalue weighted by atomic mass is 19.4. The highest BCUT2D eigenvalue weighted by Crippen LogP contribution is 2.50. The van der Waals surface area contributed by atoms with Crippen LogP contribution in [-0.2, 0) is 4.79 Å². The van der Waals surface area contributed by atoms with Gasteiger partial charge in [0.2, 0.25) is 11.8 Å². The summed E-state index contributed by atoms with van der Waals surface area (Å²) in [7, 11) is 1.40. The summed E-state index contributed by atoms with van der Waals surface area (Å²) in [6.07, 6.45) is -5.10. The number of aromatic amines is 1. The molecule has 4 N–H and O–H groups in total. The molecule has 2 aliphatic carbocycles. The van der Waals surface area contributed by atoms with Gasteiger partial charge in [-0.2, -0.15) is 18.3 Å². The molecule has 3 aliphatic rings. The molecule has 39 heavy (non-hydrogen) atoms. The summed E-state index contributed by atoms with van der Waals surface area (Å²) in [5, 5.41) is 29.3. The Balaban J connectivity index is 1.21. The minimum atomic E-state index is -4.96. The number of carbonyl (C=O) groups is 2. The molecule has 2 saturated carbocycles. The maximum Gasteiger partial charge on any atom is 0.419 e. The van der Waals surface area contributed by atoms with Crippen molar-refractivity contribution in [1.29, 1.82) is 0 Å². The van der Waals surface area contributed by atoms with Crippen molar-refractivity contribution < 1.29 is 42.1 Å². The van der Waals surface area contributed by atoms with Crippen molar-refractivity contribution in [3.8, 4) is 17.1 Å². The molecule has 212 valence electrons. The lowest BCUT2D eigenvalue weighted by Crippen LogP contribution is -2.60. The number of hydrogen-bond acceptors (Lipinski definition) is 7. The fourth-order valence-corrected chi connectivity index (χ4v) is 5.72. The maximum atomic E-state index is 14.3. The molecule has 14 heteroatoms. The summed E-state index contributed by atoms with van der Waals surface area (Å²) in [6.45, 7) is 0.282. The van der Waals surface area contributed by atoms with Crippen LogP contribution in [0.1, 0.15) is 55.4 Å². The van der Waals surface area contributed by atoms with Gasteiger partial charge in [-0.25, -0.2) is 9.37 Å². The van der Waals surface area contributed by atoms with Crippen LogP contribution in [0.4, 0.5) is 17.6 Å². The molecule has 10 nitrogen and oxygen atoms in total. The van der Waals surface area contributed by atoms with Crippen LogP contribution in [0.5, 0.6) is 5.88 Å². The standard InChI is InChI=1S/C25H29F4N5O5/c1-39-20-9-15(16(26)12-30-20)17-10-18(33-32-17)22(37)34-7-3-13(11-23(34)5-6-23)21(36)31-14-2-4-24(38,19(35)8-14)25(27,28)29/h9-10,12-14,19,35,38H,2-8,11H2,1H3,(H,31,36)(H,32,33)/t13-,14-,19+,24-/m0/s1. The van der Waals surface area contributed by atoms with Gasteiger partial charge in [-0.05, 0) is 51.0 Å². The number of carbonyl (C=O) groups excluding carboxylic acids is 2. The molecule has 0 radical (unpaired) electrons. The van der Waals surface area contributed by atoms with E-state index in [-0.39, 0.29) is 47.6 Å². The van der Waals surface area contributed by atoms with Gasteiger partial charge in [0.1, 0.15) is 5.69 Å². The first-order chi connectivity index (χ1) is 18.4. The number of methoxy groups -OCH3 is 1. The maximum absolute atomic E-state index is 14.3. The van der Waals surface area contributed by atoms with Crippen LogP contribution in [0.3, 0.4) is 0 Å². The van der Waals surface area contributed by atoms with Crippen molar-refractivity contribution in [3.05, 3.63) is 29.8 Å². The second-order valence-corrected chi connectivity index (χ2v) is 10.7. The van der Waals surface area contributed by atoms with E-state index in [1.807, 2.05) is 0 Å². The van der Waals surface area contributed by atoms with Gasteiger partial charge in [0.15, 0.2) is 11.4 Å². The number of nitrogens with one attached hydrogen (secondary N) is 2. The third kappa shape index (κ3) is 4.95. The van der Waals surface area contributed by atoms with Crippen molar-refractivity contribution in [2.45, 2.75) is 74.4 Å². The molecule has 2 aromatic heterocycles. The fourth-order valence-electron chi connectivity index (χ4n) is 5.72. The Labute approximate surface area is 220 Å². The van der Waals surface area contributed by atoms with Crippen molar-refractivity contribution in [2.24, 2.45) is 5.92 Å². The number of aliphatic hydroxyl groups is 2. The smallest absolute Gasteiger partial charge is 0.419 e. The molecule has 2 aromatic rings. The lowest BCUT2D eigenvalue weighted by molar-refractivity contribution is -0.300. The van der Waals surface area contributed by atoms with E-state index in [0.29, 0.717) is 25.7 Å². The fraction of sp³-hybridized carbons (Fsp3) is 0.600. The topological polar surface area (TPSA) is 141 Å². The quantitative estimate of drug-likeness (QED) is 0.415. The number of alkyl halides is 3. The number of rotatable bonds is 5. The van der Waals surface area contributed by atoms with Crippen molar-refractivity contribution in [3.63, 3.8) is 0 Å². The average molecular weight is 556 g/mol. The molecule has 1 saturated heterocycles. The van der Waals surface area contributed by atoms with Gasteiger partial charge in [0, 0.05) is 35.7 Å². The van der Waals surface area contributed by atoms with Gasteiger partial charge in [-0.15, -0.1) is 0 Å². The number of hydrogen-bond donors (Lipinski definition) is 4. The number of H-pyrrole nitrogens is 1. The number of halogens is 4. The summed E-state index contributed by atoms with van der Waals surface area (Å²) < 4.78 is 58.8. The van der Waals surface area contributed by atoms with Gasteiger partial charge in [0.25, 0.3) is 5.91 Å². The number of piperidine rings is 1. The number of nitrogens with zero attached hydrogens (tertiary/aromatic N) is 3. The predicted octanol–water partition coefficient (Wildman–Crippen LogP) is 2.33. The van der Waals surface area contributed by atoms with Crippen LogP contribution >= 0.6 is 0 Å². The lowest BCUT2D eigenvalue weighted by Gasteiger charge is -2.42. The zero-order chi connectivity index (χ0) is 28.2. The van der Waals surface area contributed by atoms with Crippen LogP contribution in [0.25, 0.3) is 11.3 Å². The molecule has 2 amide bonds. The molecular weight excluding hydrogens is 526 g/mol. The number of aromatic nitrogens is 3. The van der Waals surface area contributed by atoms with Gasteiger partial charge < -0.3 is 25.2 Å². The van der Waals surface area contributed by atoms with Gasteiger partial charge >= 0.3 is 6.18 Å². The molecule has 3 heterocycles. The van der Waals surface area contributed by atoms with E-state index in [1.165, 1.54) is 19.2 Å². The summed E-state index contributed by atoms with van der Waals surface area (Å²) in [4.78, 5) is 31.8. The monoisotopic (exact) mass is 555 g/mol. The molecule has 4 atom stereocenters. The third-order valence-electron chi connectivity index (χ3n) is 8.24. The molecular formula is C25H29F4N5O5. The van der Waals surface area contributed by atoms with E-state index >= 15 is 0 Å². The number of ether oxygens (including phenoxy) is 1. The van der Waals surface area contributed by atoms with E-state index in [1.54, 1.807) is 4.90 Å². The molecule has 0 unspecified atom stereocenters. The number of aliphatic hydroxyl groups excluding tert-OH is 1. The second-order valence-electron chi connectivity index (χ2n) is 10.7. The average Bonchev–Trinajstić information content (AvgIpc) is 3.46. The number of pyridine rings is 1. The Morgan fingerprint density at radius 2 is 1.97 bits per heavy atom. The van der Waals surface area contributed by atoms with E-state index in [9.17, 15) is 37.4 Å². The first-order valence-electron chi connectivity index (χ1n) is 12.7. The first-order valence-corrected chi connectivity index (χ1v) is 12.7. The number of likely N-dealkylation sites (tertiary alicyclic amines) is 1. The minimum absolute atomic E-state index is 0.118. The highest BCUT2D eigenvalue weighted by molar-refractivity contribution is 5.94. The van der Waals surface area contributed by atoms with E-state index in [0.717, 1.165) is 6.20 Å². The minimum Gasteiger partial charge on any atom is -0.481 e. The lowest BCUT2D eigenvalue weighted by atomic mass is 9.78. The molecule has 1 aliphatic heterocycles. The van der Waals surface area contributed by atoms with Crippen LogP contribution in [-0.4, -0.2) is 85.2 Å². The molecule has 0 aromatic carbocycles. The first kappa shape index (κ1) is 27.3. The summed E-state index contributed by atoms with van der Waals surface area (Å²) in [5.41, 5.74) is -3.20. The molecule has 1 spiro atoms. The van der Waals surface area contributed by atoms with Crippen molar-refractivity contribution in [2.75, 3.05) is 13.7 Å². The zero-order valence-electron chi connectivity index (χ0n) is 21.1. The van der Waals surface area contributed by atoms with E-state index in [4.69, 9.17) is 4.74 Å². The van der Waals surface area contributed by atoms with Crippen LogP contribution in [0.15, 0.2) is 18.3 Å². The molecule has 0 bridgehead atoms. The van der Waals surface area contributed by atoms with E-state index in [2.05, 4.69) is 20.5 Å². The summed E-state index contributed by atoms with van der Waals surface area (Å²) in [5.74, 6) is -1.55. The van der Waals surface area contributed by atoms with Crippen LogP contribution in [0.2, 0.25) is 0 Å². The zero-order valence-corrected chi connectivity index (χ0v) is 21.1. The normalized spacial score (nSPS) is 28.3. The van der Waals surface area contributed by atoms with Crippen LogP contribution < -0.4 is 10.1 Å². The van der Waals surface area contributed by atoms with Crippen molar-refractivity contribution in [1.82, 2.24) is 25.4 Å². The summed E-state index contributed by atoms with van der Waals surface area (Å²) in [6, 6.07) is 2.13. The Bertz CT molecular complexity index is 1270. The molecule has 5 rings (SSSR count). The Morgan fingerprint density at radius 3 is 2.62 bits per heavy atom. The SMILES string of the molecule is COc1cc(-c2cc(C(=O)N3CC[C@H](C(=O)N[C@H]4CC[C@@](O)(C(F)(F)F)[C@H](O)C4)CC34CC4)[nH]n2)c(F)cn1. The Kier molecular flexibility index (Phi) is 6.82. The third-order valence-corrected chi connectivity index (χ3v) is 8.24. The second kappa shape index (κ2) is 9.73. The Hall–Kier alpha value is -3.26. The Morgan fingerprint density at radius 1 is 1.23 bits per heavy atom. The van der Waals surface area contributed by atoms with Crippen LogP contribution in [0, 0.1) is 11.7 Å². The van der Waals surface area contributed by atoms with Gasteiger partial charge in [-0.3, -0.25) is 14.7 Å². The van der Waals surface area contributed by atoms with E-state index < -0.39 is 54.0 Å².